The van der Waals surface area contributed by atoms with E-state index in [0.717, 1.165) is 16.8 Å². The Morgan fingerprint density at radius 2 is 2.03 bits per heavy atom. The van der Waals surface area contributed by atoms with E-state index in [0.29, 0.717) is 35.6 Å². The second kappa shape index (κ2) is 7.89. The molecule has 3 N–H and O–H groups in total. The van der Waals surface area contributed by atoms with Crippen molar-refractivity contribution in [3.8, 4) is 5.88 Å². The molecule has 2 amide bonds. The first-order chi connectivity index (χ1) is 14.3. The van der Waals surface area contributed by atoms with Gasteiger partial charge in [0.2, 0.25) is 11.8 Å². The van der Waals surface area contributed by atoms with Gasteiger partial charge < -0.3 is 20.4 Å². The summed E-state index contributed by atoms with van der Waals surface area (Å²) in [6.07, 6.45) is 3.85. The number of hydrogen-bond acceptors (Lipinski definition) is 4. The molecule has 30 heavy (non-hydrogen) atoms. The quantitative estimate of drug-likeness (QED) is 0.545. The molecule has 1 aliphatic rings. The summed E-state index contributed by atoms with van der Waals surface area (Å²) in [5, 5.41) is 5.51. The second-order valence-corrected chi connectivity index (χ2v) is 7.59. The number of aromatic amines is 1. The van der Waals surface area contributed by atoms with E-state index in [1.165, 1.54) is 7.11 Å². The van der Waals surface area contributed by atoms with Crippen LogP contribution in [0.2, 0.25) is 0 Å². The lowest BCUT2D eigenvalue weighted by Gasteiger charge is -2.28. The van der Waals surface area contributed by atoms with Crippen molar-refractivity contribution < 1.29 is 18.3 Å². The van der Waals surface area contributed by atoms with E-state index in [2.05, 4.69) is 25.6 Å². The molecule has 4 rings (SSSR count). The number of methoxy groups -OCH3 is 1. The summed E-state index contributed by atoms with van der Waals surface area (Å²) < 4.78 is 31.9. The molecule has 0 radical (unpaired) electrons. The smallest absolute Gasteiger partial charge is 0.323 e. The molecule has 0 atom stereocenters. The van der Waals surface area contributed by atoms with Crippen LogP contribution in [0.25, 0.3) is 11.0 Å². The first-order valence-electron chi connectivity index (χ1n) is 9.79. The van der Waals surface area contributed by atoms with Crippen LogP contribution in [0.4, 0.5) is 25.0 Å². The molecule has 9 heteroatoms. The first kappa shape index (κ1) is 20.1. The number of alkyl halides is 2. The van der Waals surface area contributed by atoms with Crippen LogP contribution >= 0.6 is 0 Å². The Bertz CT molecular complexity index is 1070. The third kappa shape index (κ3) is 4.19. The van der Waals surface area contributed by atoms with Gasteiger partial charge in [-0.3, -0.25) is 4.98 Å². The molecule has 7 nitrogen and oxygen atoms in total. The van der Waals surface area contributed by atoms with Crippen LogP contribution < -0.4 is 15.4 Å². The maximum absolute atomic E-state index is 13.4. The number of urea groups is 1. The highest BCUT2D eigenvalue weighted by Crippen LogP contribution is 2.41. The standard InChI is InChI=1S/C21H23F2N5O2/c1-12-9-14(10-25-18(12)13-5-7-21(22,23)8-6-13)26-20(29)27-16-11-24-15-3-4-17(30-2)28-19(15)16/h3-4,9-11,13,24H,5-8H2,1-2H3,(H2,26,27,29). The number of pyridine rings is 2. The molecular weight excluding hydrogens is 392 g/mol. The van der Waals surface area contributed by atoms with E-state index >= 15 is 0 Å². The van der Waals surface area contributed by atoms with E-state index in [9.17, 15) is 13.6 Å². The van der Waals surface area contributed by atoms with Gasteiger partial charge in [0.05, 0.1) is 30.2 Å². The topological polar surface area (TPSA) is 91.9 Å². The zero-order valence-corrected chi connectivity index (χ0v) is 16.8. The largest absolute Gasteiger partial charge is 0.481 e. The Morgan fingerprint density at radius 1 is 1.27 bits per heavy atom. The maximum atomic E-state index is 13.4. The molecule has 3 aromatic heterocycles. The van der Waals surface area contributed by atoms with E-state index in [1.54, 1.807) is 18.5 Å². The number of halogens is 2. The predicted octanol–water partition coefficient (Wildman–Crippen LogP) is 5.21. The number of carbonyl (C=O) groups is 1. The Kier molecular flexibility index (Phi) is 5.27. The van der Waals surface area contributed by atoms with Gasteiger partial charge in [-0.25, -0.2) is 18.6 Å². The summed E-state index contributed by atoms with van der Waals surface area (Å²) >= 11 is 0. The molecule has 158 valence electrons. The maximum Gasteiger partial charge on any atom is 0.323 e. The number of fused-ring (bicyclic) bond motifs is 1. The highest BCUT2D eigenvalue weighted by molar-refractivity contribution is 6.04. The summed E-state index contributed by atoms with van der Waals surface area (Å²) in [5.74, 6) is -2.09. The number of anilines is 2. The number of aromatic nitrogens is 3. The molecule has 0 bridgehead atoms. The fraction of sp³-hybridized carbons (Fsp3) is 0.381. The third-order valence-corrected chi connectivity index (χ3v) is 5.43. The van der Waals surface area contributed by atoms with Crippen LogP contribution in [0.3, 0.4) is 0 Å². The number of carbonyl (C=O) groups excluding carboxylic acids is 1. The van der Waals surface area contributed by atoms with E-state index in [4.69, 9.17) is 4.74 Å². The SMILES string of the molecule is COc1ccc2[nH]cc(NC(=O)Nc3cnc(C4CCC(F)(F)CC4)c(C)c3)c2n1. The van der Waals surface area contributed by atoms with E-state index < -0.39 is 12.0 Å². The van der Waals surface area contributed by atoms with Crippen molar-refractivity contribution in [2.45, 2.75) is 44.4 Å². The molecular formula is C21H23F2N5O2. The van der Waals surface area contributed by atoms with Gasteiger partial charge in [0.15, 0.2) is 0 Å². The number of ether oxygens (including phenoxy) is 1. The van der Waals surface area contributed by atoms with Crippen LogP contribution in [0.1, 0.15) is 42.9 Å². The second-order valence-electron chi connectivity index (χ2n) is 7.59. The van der Waals surface area contributed by atoms with Gasteiger partial charge in [0, 0.05) is 36.7 Å². The molecule has 1 aliphatic carbocycles. The number of nitrogens with one attached hydrogen (secondary N) is 3. The summed E-state index contributed by atoms with van der Waals surface area (Å²) in [4.78, 5) is 24.3. The van der Waals surface area contributed by atoms with Crippen molar-refractivity contribution in [2.75, 3.05) is 17.7 Å². The number of H-pyrrole nitrogens is 1. The Morgan fingerprint density at radius 3 is 2.73 bits per heavy atom. The normalized spacial score (nSPS) is 16.4. The zero-order chi connectivity index (χ0) is 21.3. The van der Waals surface area contributed by atoms with E-state index in [1.807, 2.05) is 19.1 Å². The van der Waals surface area contributed by atoms with Gasteiger partial charge in [-0.15, -0.1) is 0 Å². The monoisotopic (exact) mass is 415 g/mol. The lowest BCUT2D eigenvalue weighted by Crippen LogP contribution is -2.24. The Labute approximate surface area is 172 Å². The van der Waals surface area contributed by atoms with Gasteiger partial charge in [-0.05, 0) is 37.5 Å². The number of nitrogens with zero attached hydrogens (tertiary/aromatic N) is 2. The van der Waals surface area contributed by atoms with Crippen molar-refractivity contribution in [3.63, 3.8) is 0 Å². The molecule has 1 fully saturated rings. The zero-order valence-electron chi connectivity index (χ0n) is 16.8. The molecule has 0 saturated heterocycles. The Hall–Kier alpha value is -3.23. The molecule has 0 aliphatic heterocycles. The predicted molar refractivity (Wildman–Crippen MR) is 110 cm³/mol. The van der Waals surface area contributed by atoms with Crippen LogP contribution in [0.15, 0.2) is 30.6 Å². The Balaban J connectivity index is 1.43. The number of rotatable bonds is 4. The minimum Gasteiger partial charge on any atom is -0.481 e. The summed E-state index contributed by atoms with van der Waals surface area (Å²) in [6, 6.07) is 4.92. The highest BCUT2D eigenvalue weighted by atomic mass is 19.3. The van der Waals surface area contributed by atoms with Crippen LogP contribution in [-0.4, -0.2) is 34.0 Å². The van der Waals surface area contributed by atoms with Gasteiger partial charge in [0.25, 0.3) is 0 Å². The van der Waals surface area contributed by atoms with Crippen molar-refractivity contribution in [1.29, 1.82) is 0 Å². The van der Waals surface area contributed by atoms with Gasteiger partial charge in [0.1, 0.15) is 5.52 Å². The van der Waals surface area contributed by atoms with Crippen molar-refractivity contribution >= 4 is 28.4 Å². The lowest BCUT2D eigenvalue weighted by atomic mass is 9.83. The fourth-order valence-electron chi connectivity index (χ4n) is 3.87. The molecule has 0 unspecified atom stereocenters. The minimum atomic E-state index is -2.56. The van der Waals surface area contributed by atoms with Gasteiger partial charge >= 0.3 is 6.03 Å². The van der Waals surface area contributed by atoms with Gasteiger partial charge in [-0.1, -0.05) is 0 Å². The molecule has 0 spiro atoms. The number of hydrogen-bond donors (Lipinski definition) is 3. The number of aryl methyl sites for hydroxylation is 1. The van der Waals surface area contributed by atoms with Crippen LogP contribution in [-0.2, 0) is 0 Å². The molecule has 1 saturated carbocycles. The first-order valence-corrected chi connectivity index (χ1v) is 9.79. The third-order valence-electron chi connectivity index (χ3n) is 5.43. The summed E-state index contributed by atoms with van der Waals surface area (Å²) in [6.45, 7) is 1.88. The average Bonchev–Trinajstić information content (AvgIpc) is 3.10. The molecule has 0 aromatic carbocycles. The minimum absolute atomic E-state index is 0.0276. The van der Waals surface area contributed by atoms with E-state index in [-0.39, 0.29) is 18.8 Å². The van der Waals surface area contributed by atoms with Crippen molar-refractivity contribution in [3.05, 3.63) is 41.9 Å². The molecule has 3 aromatic rings. The lowest BCUT2D eigenvalue weighted by molar-refractivity contribution is -0.0385. The molecule has 3 heterocycles. The summed E-state index contributed by atoms with van der Waals surface area (Å²) in [7, 11) is 1.53. The average molecular weight is 415 g/mol. The van der Waals surface area contributed by atoms with Crippen LogP contribution in [0.5, 0.6) is 5.88 Å². The fourth-order valence-corrected chi connectivity index (χ4v) is 3.87. The van der Waals surface area contributed by atoms with Gasteiger partial charge in [-0.2, -0.15) is 0 Å². The number of amides is 2. The van der Waals surface area contributed by atoms with Crippen molar-refractivity contribution in [1.82, 2.24) is 15.0 Å². The van der Waals surface area contributed by atoms with Crippen molar-refractivity contribution in [2.24, 2.45) is 0 Å². The highest BCUT2D eigenvalue weighted by Gasteiger charge is 2.36. The summed E-state index contributed by atoms with van der Waals surface area (Å²) in [5.41, 5.74) is 4.10. The van der Waals surface area contributed by atoms with Crippen LogP contribution in [0, 0.1) is 6.92 Å².